The number of nitrogens with one attached hydrogen (secondary N) is 2. The average Bonchev–Trinajstić information content (AvgIpc) is 3.22. The minimum atomic E-state index is -1.03. The molecule has 2 aromatic heterocycles. The topological polar surface area (TPSA) is 78.1 Å². The van der Waals surface area contributed by atoms with Gasteiger partial charge in [0.05, 0.1) is 16.4 Å². The second-order valence-corrected chi connectivity index (χ2v) is 10.1. The second-order valence-electron chi connectivity index (χ2n) is 8.09. The van der Waals surface area contributed by atoms with Crippen molar-refractivity contribution in [3.63, 3.8) is 0 Å². The predicted octanol–water partition coefficient (Wildman–Crippen LogP) is 5.06. The van der Waals surface area contributed by atoms with Crippen LogP contribution in [0.1, 0.15) is 24.2 Å². The number of carbonyl (C=O) groups excluding carboxylic acids is 1. The van der Waals surface area contributed by atoms with Crippen LogP contribution >= 0.6 is 0 Å². The molecule has 0 radical (unpaired) electrons. The summed E-state index contributed by atoms with van der Waals surface area (Å²) in [7, 11) is 2.92. The number of nitrogens with zero attached hydrogens (tertiary/aromatic N) is 2. The van der Waals surface area contributed by atoms with Gasteiger partial charge in [-0.05, 0) is 48.0 Å². The fourth-order valence-corrected chi connectivity index (χ4v) is 4.39. The molecule has 4 rings (SSSR count). The molecule has 32 heavy (non-hydrogen) atoms. The summed E-state index contributed by atoms with van der Waals surface area (Å²) < 4.78 is 12.3. The number of amides is 1. The maximum absolute atomic E-state index is 12.9. The van der Waals surface area contributed by atoms with E-state index >= 15 is 0 Å². The van der Waals surface area contributed by atoms with E-state index in [2.05, 4.69) is 15.3 Å². The van der Waals surface area contributed by atoms with Gasteiger partial charge in [0.2, 0.25) is 0 Å². The fraction of sp³-hybridized carbons (Fsp3) is 0.200. The molecule has 6 nitrogen and oxygen atoms in total. The van der Waals surface area contributed by atoms with Crippen LogP contribution in [0.25, 0.3) is 22.2 Å². The Kier molecular flexibility index (Phi) is 6.10. The van der Waals surface area contributed by atoms with Crippen molar-refractivity contribution >= 4 is 39.1 Å². The molecular weight excluding hydrogens is 420 g/mol. The summed E-state index contributed by atoms with van der Waals surface area (Å²) in [5.41, 5.74) is 4.82. The molecule has 2 aromatic carbocycles. The van der Waals surface area contributed by atoms with E-state index in [1.165, 1.54) is 0 Å². The van der Waals surface area contributed by atoms with Crippen LogP contribution in [0, 0.1) is 0 Å². The van der Waals surface area contributed by atoms with Crippen molar-refractivity contribution in [1.29, 1.82) is 0 Å². The molecule has 0 aliphatic heterocycles. The number of hydrogen-bond acceptors (Lipinski definition) is 4. The minimum Gasteiger partial charge on any atom is -0.378 e. The number of anilines is 2. The van der Waals surface area contributed by atoms with Crippen molar-refractivity contribution < 1.29 is 9.00 Å². The zero-order valence-electron chi connectivity index (χ0n) is 18.5. The Bertz CT molecular complexity index is 1280. The number of carbonyl (C=O) groups is 1. The summed E-state index contributed by atoms with van der Waals surface area (Å²) in [6.07, 6.45) is 3.45. The Morgan fingerprint density at radius 3 is 2.34 bits per heavy atom. The van der Waals surface area contributed by atoms with Crippen LogP contribution in [0.2, 0.25) is 0 Å². The summed E-state index contributed by atoms with van der Waals surface area (Å²) >= 11 is 0. The van der Waals surface area contributed by atoms with Gasteiger partial charge < -0.3 is 15.2 Å². The third kappa shape index (κ3) is 4.43. The molecule has 0 saturated heterocycles. The van der Waals surface area contributed by atoms with Crippen molar-refractivity contribution in [3.8, 4) is 11.1 Å². The van der Waals surface area contributed by atoms with Crippen molar-refractivity contribution in [3.05, 3.63) is 72.6 Å². The molecule has 0 fully saturated rings. The Balaban J connectivity index is 1.60. The lowest BCUT2D eigenvalue weighted by Crippen LogP contribution is -2.12. The van der Waals surface area contributed by atoms with E-state index < -0.39 is 10.8 Å². The molecule has 1 unspecified atom stereocenters. The molecule has 164 valence electrons. The SMILES string of the molecule is CC(C)S(=O)c1ccc(-c2cnc3[nH]cc(C(=O)Nc4ccc(N(C)C)cc4)c3c2)cc1. The number of H-pyrrole nitrogens is 1. The highest BCUT2D eigenvalue weighted by molar-refractivity contribution is 7.85. The number of rotatable bonds is 6. The minimum absolute atomic E-state index is 0.0684. The lowest BCUT2D eigenvalue weighted by atomic mass is 10.1. The van der Waals surface area contributed by atoms with Crippen molar-refractivity contribution in [2.24, 2.45) is 0 Å². The zero-order chi connectivity index (χ0) is 22.8. The van der Waals surface area contributed by atoms with Crippen LogP contribution in [-0.4, -0.2) is 39.4 Å². The Morgan fingerprint density at radius 2 is 1.72 bits per heavy atom. The van der Waals surface area contributed by atoms with Gasteiger partial charge in [-0.1, -0.05) is 26.0 Å². The first kappa shape index (κ1) is 21.8. The highest BCUT2D eigenvalue weighted by Gasteiger charge is 2.15. The molecule has 7 heteroatoms. The maximum Gasteiger partial charge on any atom is 0.257 e. The Morgan fingerprint density at radius 1 is 1.03 bits per heavy atom. The normalized spacial score (nSPS) is 12.2. The fourth-order valence-electron chi connectivity index (χ4n) is 3.44. The Hall–Kier alpha value is -3.45. The zero-order valence-corrected chi connectivity index (χ0v) is 19.4. The van der Waals surface area contributed by atoms with Gasteiger partial charge in [-0.2, -0.15) is 0 Å². The first-order valence-electron chi connectivity index (χ1n) is 10.4. The monoisotopic (exact) mass is 446 g/mol. The van der Waals surface area contributed by atoms with Crippen LogP contribution in [-0.2, 0) is 10.8 Å². The van der Waals surface area contributed by atoms with Gasteiger partial charge in [-0.3, -0.25) is 9.00 Å². The summed E-state index contributed by atoms with van der Waals surface area (Å²) in [4.78, 5) is 23.3. The predicted molar refractivity (Wildman–Crippen MR) is 132 cm³/mol. The molecule has 0 aliphatic carbocycles. The number of fused-ring (bicyclic) bond motifs is 1. The van der Waals surface area contributed by atoms with E-state index in [0.29, 0.717) is 11.2 Å². The summed E-state index contributed by atoms with van der Waals surface area (Å²) in [6.45, 7) is 3.88. The molecule has 2 N–H and O–H groups in total. The van der Waals surface area contributed by atoms with Crippen LogP contribution in [0.5, 0.6) is 0 Å². The van der Waals surface area contributed by atoms with Crippen molar-refractivity contribution in [2.45, 2.75) is 24.0 Å². The first-order chi connectivity index (χ1) is 15.3. The van der Waals surface area contributed by atoms with Gasteiger partial charge in [-0.25, -0.2) is 4.98 Å². The smallest absolute Gasteiger partial charge is 0.257 e. The molecule has 0 aliphatic rings. The van der Waals surface area contributed by atoms with Gasteiger partial charge in [0.15, 0.2) is 0 Å². The third-order valence-electron chi connectivity index (χ3n) is 5.27. The number of hydrogen-bond donors (Lipinski definition) is 2. The van der Waals surface area contributed by atoms with Crippen molar-refractivity contribution in [1.82, 2.24) is 9.97 Å². The summed E-state index contributed by atoms with van der Waals surface area (Å²) in [5.74, 6) is -0.199. The Labute approximate surface area is 190 Å². The van der Waals surface area contributed by atoms with Gasteiger partial charge >= 0.3 is 0 Å². The number of aromatic nitrogens is 2. The van der Waals surface area contributed by atoms with Gasteiger partial charge in [0, 0.05) is 59.0 Å². The maximum atomic E-state index is 12.9. The van der Waals surface area contributed by atoms with E-state index in [4.69, 9.17) is 0 Å². The molecule has 1 atom stereocenters. The highest BCUT2D eigenvalue weighted by Crippen LogP contribution is 2.27. The molecule has 0 saturated carbocycles. The molecule has 0 spiro atoms. The van der Waals surface area contributed by atoms with E-state index in [1.807, 2.05) is 87.4 Å². The van der Waals surface area contributed by atoms with E-state index in [0.717, 1.165) is 32.8 Å². The molecule has 2 heterocycles. The molecule has 1 amide bonds. The second kappa shape index (κ2) is 8.96. The van der Waals surface area contributed by atoms with E-state index in [-0.39, 0.29) is 11.2 Å². The molecule has 0 bridgehead atoms. The quantitative estimate of drug-likeness (QED) is 0.434. The summed E-state index contributed by atoms with van der Waals surface area (Å²) in [6, 6.07) is 17.3. The summed E-state index contributed by atoms with van der Waals surface area (Å²) in [5, 5.41) is 3.77. The largest absolute Gasteiger partial charge is 0.378 e. The van der Waals surface area contributed by atoms with Gasteiger partial charge in [0.1, 0.15) is 5.65 Å². The molecular formula is C25H26N4O2S. The number of aromatic amines is 1. The van der Waals surface area contributed by atoms with Crippen LogP contribution < -0.4 is 10.2 Å². The number of pyridine rings is 1. The van der Waals surface area contributed by atoms with Crippen molar-refractivity contribution in [2.75, 3.05) is 24.3 Å². The van der Waals surface area contributed by atoms with Crippen LogP contribution in [0.15, 0.2) is 71.9 Å². The number of benzene rings is 2. The lowest BCUT2D eigenvalue weighted by molar-refractivity contribution is 0.102. The first-order valence-corrected chi connectivity index (χ1v) is 11.6. The average molecular weight is 447 g/mol. The van der Waals surface area contributed by atoms with Gasteiger partial charge in [-0.15, -0.1) is 0 Å². The standard InChI is InChI=1S/C25H26N4O2S/c1-16(2)32(31)21-11-5-17(6-12-21)18-13-22-23(15-27-24(22)26-14-18)25(30)28-19-7-9-20(10-8-19)29(3)4/h5-16H,1-4H3,(H,26,27)(H,28,30). The highest BCUT2D eigenvalue weighted by atomic mass is 32.2. The third-order valence-corrected chi connectivity index (χ3v) is 6.86. The lowest BCUT2D eigenvalue weighted by Gasteiger charge is -2.13. The van der Waals surface area contributed by atoms with Gasteiger partial charge in [0.25, 0.3) is 5.91 Å². The van der Waals surface area contributed by atoms with Crippen LogP contribution in [0.3, 0.4) is 0 Å². The van der Waals surface area contributed by atoms with E-state index in [9.17, 15) is 9.00 Å². The molecule has 4 aromatic rings. The van der Waals surface area contributed by atoms with Crippen LogP contribution in [0.4, 0.5) is 11.4 Å². The van der Waals surface area contributed by atoms with E-state index in [1.54, 1.807) is 12.4 Å².